The summed E-state index contributed by atoms with van der Waals surface area (Å²) >= 11 is 0. The van der Waals surface area contributed by atoms with Gasteiger partial charge < -0.3 is 14.2 Å². The van der Waals surface area contributed by atoms with Gasteiger partial charge in [0, 0.05) is 11.1 Å². The molecule has 190 valence electrons. The molecule has 0 spiro atoms. The lowest BCUT2D eigenvalue weighted by Crippen LogP contribution is -2.10. The van der Waals surface area contributed by atoms with Crippen LogP contribution in [0.3, 0.4) is 0 Å². The van der Waals surface area contributed by atoms with Crippen molar-refractivity contribution in [3.05, 3.63) is 88.0 Å². The van der Waals surface area contributed by atoms with E-state index in [4.69, 9.17) is 14.2 Å². The van der Waals surface area contributed by atoms with Crippen LogP contribution in [0, 0.1) is 0 Å². The van der Waals surface area contributed by atoms with E-state index in [0.29, 0.717) is 33.9 Å². The van der Waals surface area contributed by atoms with Crippen LogP contribution >= 0.6 is 0 Å². The van der Waals surface area contributed by atoms with Gasteiger partial charge in [-0.05, 0) is 53.1 Å². The highest BCUT2D eigenvalue weighted by Crippen LogP contribution is 2.42. The van der Waals surface area contributed by atoms with Crippen molar-refractivity contribution in [2.45, 2.75) is 59.3 Å². The Kier molecular flexibility index (Phi) is 8.57. The minimum absolute atomic E-state index is 0.0678. The van der Waals surface area contributed by atoms with Crippen molar-refractivity contribution >= 4 is 11.8 Å². The normalized spacial score (nSPS) is 11.2. The van der Waals surface area contributed by atoms with Gasteiger partial charge in [0.2, 0.25) is 0 Å². The molecule has 0 aliphatic rings. The first-order chi connectivity index (χ1) is 17.1. The Morgan fingerprint density at radius 2 is 1.22 bits per heavy atom. The first kappa shape index (κ1) is 27.0. The molecule has 0 aliphatic carbocycles. The predicted molar refractivity (Wildman–Crippen MR) is 143 cm³/mol. The van der Waals surface area contributed by atoms with E-state index in [-0.39, 0.29) is 23.5 Å². The van der Waals surface area contributed by atoms with Crippen LogP contribution in [0.1, 0.15) is 102 Å². The Morgan fingerprint density at radius 3 is 1.69 bits per heavy atom. The number of ether oxygens (including phenoxy) is 3. The molecule has 5 heteroatoms. The Hall–Kier alpha value is -3.60. The molecular weight excluding hydrogens is 452 g/mol. The van der Waals surface area contributed by atoms with Gasteiger partial charge in [0.05, 0.1) is 25.3 Å². The summed E-state index contributed by atoms with van der Waals surface area (Å²) in [5.41, 5.74) is 4.17. The second kappa shape index (κ2) is 11.4. The third kappa shape index (κ3) is 5.62. The number of ketones is 1. The van der Waals surface area contributed by atoms with Gasteiger partial charge >= 0.3 is 5.97 Å². The van der Waals surface area contributed by atoms with E-state index in [2.05, 4.69) is 41.5 Å². The smallest absolute Gasteiger partial charge is 0.337 e. The van der Waals surface area contributed by atoms with Gasteiger partial charge in [-0.2, -0.15) is 0 Å². The number of esters is 1. The summed E-state index contributed by atoms with van der Waals surface area (Å²) in [5.74, 6) is 1.51. The van der Waals surface area contributed by atoms with Gasteiger partial charge in [-0.3, -0.25) is 4.79 Å². The van der Waals surface area contributed by atoms with Crippen LogP contribution < -0.4 is 9.47 Å². The largest absolute Gasteiger partial charge is 0.496 e. The third-order valence-corrected chi connectivity index (χ3v) is 6.26. The van der Waals surface area contributed by atoms with Crippen LogP contribution in [0.15, 0.2) is 54.6 Å². The molecule has 0 bridgehead atoms. The fourth-order valence-electron chi connectivity index (χ4n) is 4.21. The molecule has 3 aromatic carbocycles. The molecule has 3 rings (SSSR count). The van der Waals surface area contributed by atoms with Crippen molar-refractivity contribution in [2.75, 3.05) is 14.2 Å². The molecule has 0 atom stereocenters. The molecule has 0 aliphatic heterocycles. The summed E-state index contributed by atoms with van der Waals surface area (Å²) in [4.78, 5) is 26.0. The molecule has 36 heavy (non-hydrogen) atoms. The third-order valence-electron chi connectivity index (χ3n) is 6.26. The van der Waals surface area contributed by atoms with Crippen LogP contribution in [0.25, 0.3) is 0 Å². The molecule has 0 fully saturated rings. The number of carbonyl (C=O) groups is 2. The van der Waals surface area contributed by atoms with E-state index in [9.17, 15) is 9.59 Å². The average molecular weight is 489 g/mol. The van der Waals surface area contributed by atoms with Crippen LogP contribution in [0.5, 0.6) is 17.2 Å². The summed E-state index contributed by atoms with van der Waals surface area (Å²) in [5, 5.41) is 0. The standard InChI is InChI=1S/C31H36O5/c1-18(2)23-16-28(26(17-27(23)34-7)29(32)21-12-10-9-11-13-21)36-30-24(19(3)4)14-22(31(33)35-8)15-25(30)20(5)6/h9-20H,1-8H3. The zero-order chi connectivity index (χ0) is 26.6. The number of methoxy groups -OCH3 is 2. The minimum Gasteiger partial charge on any atom is -0.496 e. The molecule has 0 unspecified atom stereocenters. The number of carbonyl (C=O) groups excluding carboxylic acids is 2. The lowest BCUT2D eigenvalue weighted by Gasteiger charge is -2.23. The van der Waals surface area contributed by atoms with Crippen molar-refractivity contribution < 1.29 is 23.8 Å². The van der Waals surface area contributed by atoms with Gasteiger partial charge in [0.1, 0.15) is 17.2 Å². The maximum absolute atomic E-state index is 13.6. The minimum atomic E-state index is -0.392. The van der Waals surface area contributed by atoms with Gasteiger partial charge in [-0.25, -0.2) is 4.79 Å². The van der Waals surface area contributed by atoms with Crippen molar-refractivity contribution in [1.82, 2.24) is 0 Å². The maximum Gasteiger partial charge on any atom is 0.337 e. The van der Waals surface area contributed by atoms with Crippen LogP contribution in [-0.2, 0) is 4.74 Å². The first-order valence-electron chi connectivity index (χ1n) is 12.3. The van der Waals surface area contributed by atoms with Crippen LogP contribution in [-0.4, -0.2) is 26.0 Å². The average Bonchev–Trinajstić information content (AvgIpc) is 2.87. The quantitative estimate of drug-likeness (QED) is 0.226. The maximum atomic E-state index is 13.6. The topological polar surface area (TPSA) is 61.8 Å². The highest BCUT2D eigenvalue weighted by molar-refractivity contribution is 6.11. The fraction of sp³-hybridized carbons (Fsp3) is 0.355. The van der Waals surface area contributed by atoms with E-state index in [1.807, 2.05) is 36.4 Å². The van der Waals surface area contributed by atoms with Crippen LogP contribution in [0.2, 0.25) is 0 Å². The van der Waals surface area contributed by atoms with Crippen molar-refractivity contribution in [3.63, 3.8) is 0 Å². The molecule has 0 radical (unpaired) electrons. The van der Waals surface area contributed by atoms with E-state index >= 15 is 0 Å². The highest BCUT2D eigenvalue weighted by atomic mass is 16.5. The molecule has 3 aromatic rings. The summed E-state index contributed by atoms with van der Waals surface area (Å²) in [7, 11) is 2.99. The van der Waals surface area contributed by atoms with E-state index in [1.54, 1.807) is 25.3 Å². The van der Waals surface area contributed by atoms with E-state index in [0.717, 1.165) is 16.7 Å². The number of hydrogen-bond acceptors (Lipinski definition) is 5. The second-order valence-electron chi connectivity index (χ2n) is 9.83. The zero-order valence-corrected chi connectivity index (χ0v) is 22.5. The highest BCUT2D eigenvalue weighted by Gasteiger charge is 2.25. The summed E-state index contributed by atoms with van der Waals surface area (Å²) in [6, 6.07) is 16.5. The molecule has 5 nitrogen and oxygen atoms in total. The summed E-state index contributed by atoms with van der Waals surface area (Å²) in [6.45, 7) is 12.4. The van der Waals surface area contributed by atoms with E-state index < -0.39 is 5.97 Å². The van der Waals surface area contributed by atoms with E-state index in [1.165, 1.54) is 7.11 Å². The van der Waals surface area contributed by atoms with Gasteiger partial charge in [-0.1, -0.05) is 71.9 Å². The fourth-order valence-corrected chi connectivity index (χ4v) is 4.21. The van der Waals surface area contributed by atoms with Crippen molar-refractivity contribution in [1.29, 1.82) is 0 Å². The molecule has 0 heterocycles. The number of hydrogen-bond donors (Lipinski definition) is 0. The lowest BCUT2D eigenvalue weighted by atomic mass is 9.91. The Morgan fingerprint density at radius 1 is 0.667 bits per heavy atom. The van der Waals surface area contributed by atoms with Gasteiger partial charge in [0.15, 0.2) is 5.78 Å². The van der Waals surface area contributed by atoms with Gasteiger partial charge in [0.25, 0.3) is 0 Å². The number of rotatable bonds is 9. The molecule has 0 saturated carbocycles. The molecule has 0 N–H and O–H groups in total. The molecule has 0 amide bonds. The van der Waals surface area contributed by atoms with Crippen molar-refractivity contribution in [2.24, 2.45) is 0 Å². The molecular formula is C31H36O5. The Bertz CT molecular complexity index is 1210. The molecule has 0 saturated heterocycles. The summed E-state index contributed by atoms with van der Waals surface area (Å²) < 4.78 is 17.3. The van der Waals surface area contributed by atoms with Crippen LogP contribution in [0.4, 0.5) is 0 Å². The molecule has 0 aromatic heterocycles. The number of benzene rings is 3. The van der Waals surface area contributed by atoms with Gasteiger partial charge in [-0.15, -0.1) is 0 Å². The van der Waals surface area contributed by atoms with Crippen molar-refractivity contribution in [3.8, 4) is 17.2 Å². The first-order valence-corrected chi connectivity index (χ1v) is 12.3. The second-order valence-corrected chi connectivity index (χ2v) is 9.83. The Labute approximate surface area is 214 Å². The summed E-state index contributed by atoms with van der Waals surface area (Å²) in [6.07, 6.45) is 0. The SMILES string of the molecule is COC(=O)c1cc(C(C)C)c(Oc2cc(C(C)C)c(OC)cc2C(=O)c2ccccc2)c(C(C)C)c1. The zero-order valence-electron chi connectivity index (χ0n) is 22.5. The predicted octanol–water partition coefficient (Wildman–Crippen LogP) is 7.88. The Balaban J connectivity index is 2.29. The lowest BCUT2D eigenvalue weighted by molar-refractivity contribution is 0.0600. The monoisotopic (exact) mass is 488 g/mol.